The van der Waals surface area contributed by atoms with E-state index in [4.69, 9.17) is 11.6 Å². The van der Waals surface area contributed by atoms with Crippen LogP contribution in [0.15, 0.2) is 47.5 Å². The molecule has 1 aromatic carbocycles. The molecule has 0 bridgehead atoms. The van der Waals surface area contributed by atoms with Gasteiger partial charge in [0, 0.05) is 6.20 Å². The molecule has 0 radical (unpaired) electrons. The maximum Gasteiger partial charge on any atom is 0.264 e. The highest BCUT2D eigenvalue weighted by Crippen LogP contribution is 2.22. The number of halogens is 2. The Labute approximate surface area is 108 Å². The first-order valence-electron chi connectivity index (χ1n) is 4.88. The van der Waals surface area contributed by atoms with Gasteiger partial charge in [0.1, 0.15) is 10.7 Å². The third kappa shape index (κ3) is 2.60. The van der Waals surface area contributed by atoms with Gasteiger partial charge in [-0.3, -0.25) is 4.72 Å². The van der Waals surface area contributed by atoms with E-state index in [0.717, 1.165) is 6.07 Å². The summed E-state index contributed by atoms with van der Waals surface area (Å²) in [5.41, 5.74) is 0.0995. The highest BCUT2D eigenvalue weighted by Gasteiger charge is 2.19. The number of hydrogen-bond acceptors (Lipinski definition) is 3. The molecule has 0 spiro atoms. The minimum atomic E-state index is -4.02. The summed E-state index contributed by atoms with van der Waals surface area (Å²) in [5, 5.41) is -0.00239. The lowest BCUT2D eigenvalue weighted by atomic mass is 10.4. The van der Waals surface area contributed by atoms with Gasteiger partial charge in [-0.25, -0.2) is 17.8 Å². The van der Waals surface area contributed by atoms with Gasteiger partial charge in [-0.2, -0.15) is 0 Å². The van der Waals surface area contributed by atoms with E-state index in [-0.39, 0.29) is 10.8 Å². The number of nitrogens with zero attached hydrogens (tertiary/aromatic N) is 1. The smallest absolute Gasteiger partial charge is 0.264 e. The lowest BCUT2D eigenvalue weighted by Gasteiger charge is -2.09. The summed E-state index contributed by atoms with van der Waals surface area (Å²) < 4.78 is 39.5. The molecule has 7 heteroatoms. The molecule has 94 valence electrons. The number of hydrogen-bond donors (Lipinski definition) is 1. The molecule has 0 saturated carbocycles. The van der Waals surface area contributed by atoms with Crippen molar-refractivity contribution in [1.82, 2.24) is 4.98 Å². The predicted molar refractivity (Wildman–Crippen MR) is 66.5 cm³/mol. The Bertz CT molecular complexity index is 676. The Balaban J connectivity index is 2.40. The Morgan fingerprint density at radius 1 is 1.17 bits per heavy atom. The molecular formula is C11H8ClFN2O2S. The van der Waals surface area contributed by atoms with Crippen LogP contribution in [0.3, 0.4) is 0 Å². The molecule has 1 heterocycles. The van der Waals surface area contributed by atoms with Crippen molar-refractivity contribution in [3.05, 3.63) is 53.6 Å². The number of anilines is 1. The normalized spacial score (nSPS) is 11.2. The Hall–Kier alpha value is -1.66. The maximum atomic E-state index is 13.4. The zero-order valence-corrected chi connectivity index (χ0v) is 10.5. The topological polar surface area (TPSA) is 59.1 Å². The second-order valence-corrected chi connectivity index (χ2v) is 5.39. The van der Waals surface area contributed by atoms with Crippen molar-refractivity contribution in [3.8, 4) is 0 Å². The third-order valence-electron chi connectivity index (χ3n) is 2.13. The Kier molecular flexibility index (Phi) is 3.49. The Morgan fingerprint density at radius 2 is 1.89 bits per heavy atom. The van der Waals surface area contributed by atoms with Crippen LogP contribution >= 0.6 is 11.6 Å². The van der Waals surface area contributed by atoms with Crippen LogP contribution in [0.5, 0.6) is 0 Å². The summed E-state index contributed by atoms with van der Waals surface area (Å²) in [6, 6.07) is 8.04. The lowest BCUT2D eigenvalue weighted by Crippen LogP contribution is -2.14. The average Bonchev–Trinajstić information content (AvgIpc) is 2.32. The summed E-state index contributed by atoms with van der Waals surface area (Å²) in [5.74, 6) is -0.829. The zero-order chi connectivity index (χ0) is 13.2. The van der Waals surface area contributed by atoms with Gasteiger partial charge >= 0.3 is 0 Å². The fourth-order valence-electron chi connectivity index (χ4n) is 1.32. The number of pyridine rings is 1. The summed E-state index contributed by atoms with van der Waals surface area (Å²) in [6.07, 6.45) is 1.42. The first kappa shape index (κ1) is 12.8. The molecule has 18 heavy (non-hydrogen) atoms. The maximum absolute atomic E-state index is 13.4. The van der Waals surface area contributed by atoms with E-state index in [9.17, 15) is 12.8 Å². The van der Waals surface area contributed by atoms with Gasteiger partial charge < -0.3 is 0 Å². The number of benzene rings is 1. The van der Waals surface area contributed by atoms with Gasteiger partial charge in [0.2, 0.25) is 0 Å². The molecule has 0 aliphatic rings. The summed E-state index contributed by atoms with van der Waals surface area (Å²) in [4.78, 5) is 3.28. The molecule has 0 aliphatic heterocycles. The molecule has 4 nitrogen and oxygen atoms in total. The van der Waals surface area contributed by atoms with Gasteiger partial charge in [-0.1, -0.05) is 23.7 Å². The number of nitrogens with one attached hydrogen (secondary N) is 1. The molecule has 0 saturated heterocycles. The van der Waals surface area contributed by atoms with Crippen molar-refractivity contribution in [2.45, 2.75) is 4.90 Å². The van der Waals surface area contributed by atoms with Crippen LogP contribution in [-0.4, -0.2) is 13.4 Å². The average molecular weight is 287 g/mol. The van der Waals surface area contributed by atoms with Crippen molar-refractivity contribution < 1.29 is 12.8 Å². The molecule has 2 aromatic rings. The van der Waals surface area contributed by atoms with Crippen LogP contribution in [0, 0.1) is 5.82 Å². The SMILES string of the molecule is O=S(=O)(Nc1cccnc1Cl)c1ccccc1F. The lowest BCUT2D eigenvalue weighted by molar-refractivity contribution is 0.570. The van der Waals surface area contributed by atoms with Crippen LogP contribution in [-0.2, 0) is 10.0 Å². The molecule has 0 atom stereocenters. The highest BCUT2D eigenvalue weighted by atomic mass is 35.5. The molecule has 0 amide bonds. The van der Waals surface area contributed by atoms with E-state index < -0.39 is 20.7 Å². The van der Waals surface area contributed by atoms with Crippen molar-refractivity contribution in [2.75, 3.05) is 4.72 Å². The first-order valence-corrected chi connectivity index (χ1v) is 6.75. The van der Waals surface area contributed by atoms with E-state index in [1.165, 1.54) is 36.5 Å². The van der Waals surface area contributed by atoms with E-state index in [1.54, 1.807) is 0 Å². The molecule has 1 N–H and O–H groups in total. The van der Waals surface area contributed by atoms with Gasteiger partial charge in [0.25, 0.3) is 10.0 Å². The third-order valence-corrected chi connectivity index (χ3v) is 3.83. The fourth-order valence-corrected chi connectivity index (χ4v) is 2.69. The van der Waals surface area contributed by atoms with Crippen LogP contribution in [0.25, 0.3) is 0 Å². The van der Waals surface area contributed by atoms with Crippen molar-refractivity contribution >= 4 is 27.3 Å². The van der Waals surface area contributed by atoms with Gasteiger partial charge in [0.15, 0.2) is 5.15 Å². The highest BCUT2D eigenvalue weighted by molar-refractivity contribution is 7.92. The van der Waals surface area contributed by atoms with Gasteiger partial charge in [0.05, 0.1) is 5.69 Å². The van der Waals surface area contributed by atoms with E-state index in [0.29, 0.717) is 0 Å². The molecule has 2 rings (SSSR count). The van der Waals surface area contributed by atoms with Crippen molar-refractivity contribution in [3.63, 3.8) is 0 Å². The van der Waals surface area contributed by atoms with Crippen LogP contribution in [0.2, 0.25) is 5.15 Å². The van der Waals surface area contributed by atoms with Crippen molar-refractivity contribution in [2.24, 2.45) is 0 Å². The monoisotopic (exact) mass is 286 g/mol. The molecule has 0 fully saturated rings. The summed E-state index contributed by atoms with van der Waals surface area (Å²) in [6.45, 7) is 0. The first-order chi connectivity index (χ1) is 8.50. The second kappa shape index (κ2) is 4.91. The minimum absolute atomic E-state index is 0.00239. The predicted octanol–water partition coefficient (Wildman–Crippen LogP) is 2.67. The quantitative estimate of drug-likeness (QED) is 0.883. The molecular weight excluding hydrogens is 279 g/mol. The number of aromatic nitrogens is 1. The largest absolute Gasteiger partial charge is 0.276 e. The van der Waals surface area contributed by atoms with Gasteiger partial charge in [-0.05, 0) is 24.3 Å². The standard InChI is InChI=1S/C11H8ClFN2O2S/c12-11-9(5-3-7-14-11)15-18(16,17)10-6-2-1-4-8(10)13/h1-7,15H. The fraction of sp³-hybridized carbons (Fsp3) is 0. The minimum Gasteiger partial charge on any atom is -0.276 e. The van der Waals surface area contributed by atoms with Crippen LogP contribution < -0.4 is 4.72 Å². The molecule has 1 aromatic heterocycles. The molecule has 0 aliphatic carbocycles. The van der Waals surface area contributed by atoms with Crippen molar-refractivity contribution in [1.29, 1.82) is 0 Å². The van der Waals surface area contributed by atoms with E-state index >= 15 is 0 Å². The summed E-state index contributed by atoms with van der Waals surface area (Å²) in [7, 11) is -4.02. The van der Waals surface area contributed by atoms with Crippen LogP contribution in [0.4, 0.5) is 10.1 Å². The van der Waals surface area contributed by atoms with Gasteiger partial charge in [-0.15, -0.1) is 0 Å². The Morgan fingerprint density at radius 3 is 2.56 bits per heavy atom. The second-order valence-electron chi connectivity index (χ2n) is 3.38. The zero-order valence-electron chi connectivity index (χ0n) is 8.97. The number of rotatable bonds is 3. The summed E-state index contributed by atoms with van der Waals surface area (Å²) >= 11 is 5.73. The van der Waals surface area contributed by atoms with Crippen LogP contribution in [0.1, 0.15) is 0 Å². The molecule has 0 unspecified atom stereocenters. The van der Waals surface area contributed by atoms with E-state index in [1.807, 2.05) is 0 Å². The number of sulfonamides is 1. The van der Waals surface area contributed by atoms with E-state index in [2.05, 4.69) is 9.71 Å².